The Morgan fingerprint density at radius 1 is 0.340 bits per heavy atom. The fourth-order valence-corrected chi connectivity index (χ4v) is 8.61. The number of fused-ring (bicyclic) bond motifs is 5. The van der Waals surface area contributed by atoms with E-state index in [2.05, 4.69) is 172 Å². The van der Waals surface area contributed by atoms with E-state index >= 15 is 0 Å². The van der Waals surface area contributed by atoms with E-state index < -0.39 is 0 Å². The van der Waals surface area contributed by atoms with E-state index in [4.69, 9.17) is 9.97 Å². The molecule has 2 heterocycles. The molecule has 0 N–H and O–H groups in total. The summed E-state index contributed by atoms with van der Waals surface area (Å²) in [5.41, 5.74) is 16.6. The number of hydrogen-bond acceptors (Lipinski definition) is 2. The van der Waals surface area contributed by atoms with Crippen molar-refractivity contribution in [2.75, 3.05) is 0 Å². The molecule has 0 radical (unpaired) electrons. The van der Waals surface area contributed by atoms with E-state index in [1.54, 1.807) is 0 Å². The lowest BCUT2D eigenvalue weighted by Crippen LogP contribution is -2.14. The van der Waals surface area contributed by atoms with Crippen LogP contribution in [0.15, 0.2) is 182 Å². The van der Waals surface area contributed by atoms with E-state index in [0.29, 0.717) is 0 Å². The van der Waals surface area contributed by atoms with Crippen LogP contribution in [0, 0.1) is 0 Å². The predicted octanol–water partition coefficient (Wildman–Crippen LogP) is 13.4. The lowest BCUT2D eigenvalue weighted by atomic mass is 9.80. The number of rotatable bonds is 5. The molecule has 2 nitrogen and oxygen atoms in total. The van der Waals surface area contributed by atoms with Crippen molar-refractivity contribution in [2.24, 2.45) is 0 Å². The van der Waals surface area contributed by atoms with Gasteiger partial charge < -0.3 is 0 Å². The van der Waals surface area contributed by atoms with Gasteiger partial charge in [0.05, 0.1) is 11.4 Å². The smallest absolute Gasteiger partial charge is 0.0702 e. The third kappa shape index (κ3) is 5.10. The highest BCUT2D eigenvalue weighted by Gasteiger charge is 2.35. The first-order valence-corrected chi connectivity index (χ1v) is 18.3. The van der Waals surface area contributed by atoms with Crippen molar-refractivity contribution in [3.63, 3.8) is 0 Å². The molecular formula is C51H36N2. The zero-order valence-electron chi connectivity index (χ0n) is 29.7. The van der Waals surface area contributed by atoms with Crippen LogP contribution < -0.4 is 0 Å². The maximum atomic E-state index is 4.78. The second-order valence-corrected chi connectivity index (χ2v) is 14.6. The Morgan fingerprint density at radius 3 is 1.57 bits per heavy atom. The minimum atomic E-state index is -0.101. The zero-order valence-corrected chi connectivity index (χ0v) is 29.7. The van der Waals surface area contributed by atoms with E-state index in [1.165, 1.54) is 71.6 Å². The molecule has 9 aromatic rings. The number of benzene rings is 7. The molecule has 1 aliphatic rings. The summed E-state index contributed by atoms with van der Waals surface area (Å²) in [6.45, 7) is 4.73. The highest BCUT2D eigenvalue weighted by molar-refractivity contribution is 6.22. The van der Waals surface area contributed by atoms with Crippen LogP contribution in [-0.4, -0.2) is 9.97 Å². The SMILES string of the molecule is CC1(C)c2ccccc2-c2ccc(-c3c4ccccc4c(-c4cc(-c5ccccn5)cc(-c5ccccn5)c4)c4ccc(-c5ccccc5)cc34)cc21. The Balaban J connectivity index is 1.30. The summed E-state index contributed by atoms with van der Waals surface area (Å²) in [5.74, 6) is 0. The molecule has 0 saturated carbocycles. The maximum absolute atomic E-state index is 4.78. The van der Waals surface area contributed by atoms with Crippen molar-refractivity contribution in [1.29, 1.82) is 0 Å². The Labute approximate surface area is 310 Å². The van der Waals surface area contributed by atoms with Crippen molar-refractivity contribution < 1.29 is 0 Å². The fraction of sp³-hybridized carbons (Fsp3) is 0.0588. The summed E-state index contributed by atoms with van der Waals surface area (Å²) in [6, 6.07) is 61.8. The minimum absolute atomic E-state index is 0.101. The first-order valence-electron chi connectivity index (χ1n) is 18.3. The predicted molar refractivity (Wildman–Crippen MR) is 222 cm³/mol. The van der Waals surface area contributed by atoms with Gasteiger partial charge in [0.2, 0.25) is 0 Å². The highest BCUT2D eigenvalue weighted by Crippen LogP contribution is 2.51. The van der Waals surface area contributed by atoms with E-state index in [1.807, 2.05) is 24.5 Å². The molecule has 1 aliphatic carbocycles. The normalized spacial score (nSPS) is 12.9. The van der Waals surface area contributed by atoms with E-state index in [9.17, 15) is 0 Å². The second kappa shape index (κ2) is 12.3. The Bertz CT molecular complexity index is 2780. The molecular weight excluding hydrogens is 641 g/mol. The summed E-state index contributed by atoms with van der Waals surface area (Å²) >= 11 is 0. The topological polar surface area (TPSA) is 25.8 Å². The maximum Gasteiger partial charge on any atom is 0.0702 e. The minimum Gasteiger partial charge on any atom is -0.256 e. The van der Waals surface area contributed by atoms with Crippen molar-refractivity contribution in [2.45, 2.75) is 19.3 Å². The van der Waals surface area contributed by atoms with Gasteiger partial charge in [0.25, 0.3) is 0 Å². The van der Waals surface area contributed by atoms with Crippen molar-refractivity contribution in [3.8, 4) is 67.0 Å². The highest BCUT2D eigenvalue weighted by atomic mass is 14.7. The largest absolute Gasteiger partial charge is 0.256 e. The standard InChI is InChI=1S/C51H36N2/c1-51(2)45-19-9-8-16-39(45)40-24-23-35(32-46(40)51)49-41-17-6-7-18-42(41)50(43-25-22-34(31-44(43)49)33-14-4-3-5-15-33)38-29-36(47-20-10-12-26-52-47)28-37(30-38)48-21-11-13-27-53-48/h3-32H,1-2H3. The van der Waals surface area contributed by atoms with Crippen LogP contribution in [0.25, 0.3) is 88.6 Å². The summed E-state index contributed by atoms with van der Waals surface area (Å²) in [5, 5.41) is 4.90. The van der Waals surface area contributed by atoms with Gasteiger partial charge in [-0.1, -0.05) is 129 Å². The van der Waals surface area contributed by atoms with Gasteiger partial charge >= 0.3 is 0 Å². The van der Waals surface area contributed by atoms with Crippen molar-refractivity contribution in [3.05, 3.63) is 193 Å². The van der Waals surface area contributed by atoms with Gasteiger partial charge in [0.1, 0.15) is 0 Å². The lowest BCUT2D eigenvalue weighted by Gasteiger charge is -2.23. The monoisotopic (exact) mass is 676 g/mol. The molecule has 250 valence electrons. The molecule has 0 atom stereocenters. The molecule has 7 aromatic carbocycles. The third-order valence-electron chi connectivity index (χ3n) is 11.1. The van der Waals surface area contributed by atoms with Crippen molar-refractivity contribution >= 4 is 21.5 Å². The van der Waals surface area contributed by atoms with E-state index in [-0.39, 0.29) is 5.41 Å². The summed E-state index contributed by atoms with van der Waals surface area (Å²) in [6.07, 6.45) is 3.73. The molecule has 0 saturated heterocycles. The van der Waals surface area contributed by atoms with Crippen LogP contribution in [-0.2, 0) is 5.41 Å². The van der Waals surface area contributed by atoms with Gasteiger partial charge in [-0.3, -0.25) is 9.97 Å². The third-order valence-corrected chi connectivity index (χ3v) is 11.1. The summed E-state index contributed by atoms with van der Waals surface area (Å²) in [7, 11) is 0. The average Bonchev–Trinajstić information content (AvgIpc) is 3.45. The molecule has 0 bridgehead atoms. The Kier molecular flexibility index (Phi) is 7.19. The fourth-order valence-electron chi connectivity index (χ4n) is 8.61. The van der Waals surface area contributed by atoms with Gasteiger partial charge in [-0.2, -0.15) is 0 Å². The second-order valence-electron chi connectivity index (χ2n) is 14.6. The van der Waals surface area contributed by atoms with Crippen LogP contribution in [0.3, 0.4) is 0 Å². The first-order chi connectivity index (χ1) is 26.0. The van der Waals surface area contributed by atoms with Gasteiger partial charge in [0, 0.05) is 28.9 Å². The van der Waals surface area contributed by atoms with Crippen LogP contribution in [0.2, 0.25) is 0 Å². The Hall–Kier alpha value is -6.64. The molecule has 2 heteroatoms. The van der Waals surface area contributed by atoms with Gasteiger partial charge in [0.15, 0.2) is 0 Å². The van der Waals surface area contributed by atoms with Gasteiger partial charge in [-0.15, -0.1) is 0 Å². The lowest BCUT2D eigenvalue weighted by molar-refractivity contribution is 0.660. The number of pyridine rings is 2. The average molecular weight is 677 g/mol. The molecule has 10 rings (SSSR count). The van der Waals surface area contributed by atoms with Crippen LogP contribution in [0.4, 0.5) is 0 Å². The summed E-state index contributed by atoms with van der Waals surface area (Å²) < 4.78 is 0. The van der Waals surface area contributed by atoms with Crippen LogP contribution in [0.1, 0.15) is 25.0 Å². The van der Waals surface area contributed by atoms with Gasteiger partial charge in [-0.25, -0.2) is 0 Å². The van der Waals surface area contributed by atoms with Crippen LogP contribution >= 0.6 is 0 Å². The number of nitrogens with zero attached hydrogens (tertiary/aromatic N) is 2. The molecule has 0 aliphatic heterocycles. The Morgan fingerprint density at radius 2 is 0.887 bits per heavy atom. The molecule has 0 spiro atoms. The number of hydrogen-bond donors (Lipinski definition) is 0. The molecule has 0 fully saturated rings. The summed E-state index contributed by atoms with van der Waals surface area (Å²) in [4.78, 5) is 9.55. The first kappa shape index (κ1) is 31.1. The molecule has 2 aromatic heterocycles. The molecule has 0 amide bonds. The van der Waals surface area contributed by atoms with Crippen molar-refractivity contribution in [1.82, 2.24) is 9.97 Å². The molecule has 53 heavy (non-hydrogen) atoms. The quantitative estimate of drug-likeness (QED) is 0.170. The molecule has 0 unspecified atom stereocenters. The zero-order chi connectivity index (χ0) is 35.5. The van der Waals surface area contributed by atoms with Crippen LogP contribution in [0.5, 0.6) is 0 Å². The van der Waals surface area contributed by atoms with E-state index in [0.717, 1.165) is 28.1 Å². The van der Waals surface area contributed by atoms with Gasteiger partial charge in [-0.05, 0) is 132 Å². The number of aromatic nitrogens is 2.